The fourth-order valence-electron chi connectivity index (χ4n) is 8.21. The summed E-state index contributed by atoms with van der Waals surface area (Å²) in [6.45, 7) is 0. The van der Waals surface area contributed by atoms with Gasteiger partial charge in [0.15, 0.2) is 17.5 Å². The molecular weight excluding hydrogens is 655 g/mol. The molecule has 0 saturated heterocycles. The molecule has 8 aromatic carbocycles. The molecule has 0 amide bonds. The Hall–Kier alpha value is -7.31. The van der Waals surface area contributed by atoms with Crippen LogP contribution in [0.5, 0.6) is 0 Å². The molecule has 6 heteroatoms. The molecule has 12 aromatic rings. The number of fused-ring (bicyclic) bond motifs is 14. The zero-order valence-corrected chi connectivity index (χ0v) is 28.0. The van der Waals surface area contributed by atoms with Gasteiger partial charge < -0.3 is 13.3 Å². The molecule has 0 spiro atoms. The van der Waals surface area contributed by atoms with Crippen molar-refractivity contribution >= 4 is 87.4 Å². The van der Waals surface area contributed by atoms with E-state index < -0.39 is 0 Å². The number of nitrogens with zero attached hydrogens (tertiary/aromatic N) is 3. The maximum Gasteiger partial charge on any atom is 0.164 e. The van der Waals surface area contributed by atoms with Crippen LogP contribution in [0.25, 0.3) is 122 Å². The largest absolute Gasteiger partial charge is 0.456 e. The Morgan fingerprint density at radius 2 is 0.774 bits per heavy atom. The lowest BCUT2D eigenvalue weighted by Gasteiger charge is -2.11. The fraction of sp³-hybridized carbons (Fsp3) is 0. The number of hydrogen-bond acceptors (Lipinski definition) is 6. The van der Waals surface area contributed by atoms with E-state index in [2.05, 4.69) is 78.9 Å². The molecule has 0 radical (unpaired) electrons. The predicted molar refractivity (Wildman–Crippen MR) is 213 cm³/mol. The molecule has 0 bridgehead atoms. The van der Waals surface area contributed by atoms with Gasteiger partial charge in [-0.3, -0.25) is 0 Å². The van der Waals surface area contributed by atoms with Crippen molar-refractivity contribution in [3.05, 3.63) is 152 Å². The standard InChI is InChI=1S/C47H25N3O3/c1-2-12-28-27(11-1)35-25-26(23-24-29(35)44-43(28)32-15-5-8-20-38(32)53-44)45-48-46(33-16-9-21-39-41(33)30-13-3-6-18-36(30)51-39)50-47(49-45)34-17-10-22-40-42(34)31-14-4-7-19-37(31)52-40/h1-25H. The highest BCUT2D eigenvalue weighted by molar-refractivity contribution is 6.30. The molecule has 12 rings (SSSR count). The van der Waals surface area contributed by atoms with Crippen molar-refractivity contribution < 1.29 is 13.3 Å². The molecule has 246 valence electrons. The summed E-state index contributed by atoms with van der Waals surface area (Å²) in [6, 6.07) is 51.5. The van der Waals surface area contributed by atoms with E-state index in [0.29, 0.717) is 17.5 Å². The van der Waals surface area contributed by atoms with Crippen LogP contribution in [0.3, 0.4) is 0 Å². The van der Waals surface area contributed by atoms with Gasteiger partial charge in [-0.2, -0.15) is 0 Å². The van der Waals surface area contributed by atoms with E-state index in [1.165, 1.54) is 0 Å². The maximum atomic E-state index is 6.55. The van der Waals surface area contributed by atoms with Crippen molar-refractivity contribution in [2.45, 2.75) is 0 Å². The summed E-state index contributed by atoms with van der Waals surface area (Å²) in [4.78, 5) is 15.7. The molecule has 0 saturated carbocycles. The minimum absolute atomic E-state index is 0.560. The highest BCUT2D eigenvalue weighted by atomic mass is 16.3. The topological polar surface area (TPSA) is 78.1 Å². The van der Waals surface area contributed by atoms with E-state index in [9.17, 15) is 0 Å². The SMILES string of the molecule is c1ccc2c(c1)oc1cccc(-c3nc(-c4ccc5c(c4)c4ccccc4c4c6ccccc6oc54)nc(-c4cccc5oc6ccccc6c45)n3)c12. The summed E-state index contributed by atoms with van der Waals surface area (Å²) in [5.74, 6) is 1.68. The zero-order valence-electron chi connectivity index (χ0n) is 28.0. The predicted octanol–water partition coefficient (Wildman–Crippen LogP) is 12.9. The van der Waals surface area contributed by atoms with E-state index in [1.54, 1.807) is 0 Å². The molecule has 0 fully saturated rings. The summed E-state index contributed by atoms with van der Waals surface area (Å²) in [7, 11) is 0. The smallest absolute Gasteiger partial charge is 0.164 e. The van der Waals surface area contributed by atoms with Crippen molar-refractivity contribution in [1.29, 1.82) is 0 Å². The maximum absolute atomic E-state index is 6.55. The Balaban J connectivity index is 1.17. The second-order valence-electron chi connectivity index (χ2n) is 13.5. The lowest BCUT2D eigenvalue weighted by atomic mass is 9.95. The van der Waals surface area contributed by atoms with Crippen LogP contribution in [-0.4, -0.2) is 15.0 Å². The first kappa shape index (κ1) is 28.4. The van der Waals surface area contributed by atoms with Gasteiger partial charge in [0, 0.05) is 54.4 Å². The molecule has 4 heterocycles. The molecule has 0 aliphatic heterocycles. The van der Waals surface area contributed by atoms with Crippen LogP contribution < -0.4 is 0 Å². The van der Waals surface area contributed by atoms with E-state index in [1.807, 2.05) is 72.8 Å². The van der Waals surface area contributed by atoms with Gasteiger partial charge in [-0.15, -0.1) is 0 Å². The minimum Gasteiger partial charge on any atom is -0.456 e. The van der Waals surface area contributed by atoms with Crippen LogP contribution >= 0.6 is 0 Å². The molecular formula is C47H25N3O3. The van der Waals surface area contributed by atoms with E-state index in [4.69, 9.17) is 28.2 Å². The van der Waals surface area contributed by atoms with E-state index in [0.717, 1.165) is 104 Å². The van der Waals surface area contributed by atoms with Crippen LogP contribution in [-0.2, 0) is 0 Å². The number of aromatic nitrogens is 3. The van der Waals surface area contributed by atoms with Gasteiger partial charge in [-0.1, -0.05) is 109 Å². The Morgan fingerprint density at radius 1 is 0.302 bits per heavy atom. The average molecular weight is 680 g/mol. The van der Waals surface area contributed by atoms with Crippen LogP contribution in [0.2, 0.25) is 0 Å². The zero-order chi connectivity index (χ0) is 34.6. The normalized spacial score (nSPS) is 12.2. The number of benzene rings is 8. The first-order valence-corrected chi connectivity index (χ1v) is 17.6. The van der Waals surface area contributed by atoms with Crippen molar-refractivity contribution in [1.82, 2.24) is 15.0 Å². The summed E-state index contributed by atoms with van der Waals surface area (Å²) in [5, 5.41) is 10.6. The first-order chi connectivity index (χ1) is 26.3. The molecule has 6 nitrogen and oxygen atoms in total. The number of furan rings is 3. The highest BCUT2D eigenvalue weighted by Crippen LogP contribution is 2.43. The van der Waals surface area contributed by atoms with E-state index in [-0.39, 0.29) is 0 Å². The van der Waals surface area contributed by atoms with E-state index >= 15 is 0 Å². The van der Waals surface area contributed by atoms with Gasteiger partial charge in [0.25, 0.3) is 0 Å². The van der Waals surface area contributed by atoms with Crippen LogP contribution in [0.4, 0.5) is 0 Å². The van der Waals surface area contributed by atoms with Gasteiger partial charge in [-0.25, -0.2) is 15.0 Å². The highest BCUT2D eigenvalue weighted by Gasteiger charge is 2.22. The van der Waals surface area contributed by atoms with Crippen LogP contribution in [0, 0.1) is 0 Å². The molecule has 53 heavy (non-hydrogen) atoms. The molecule has 0 aliphatic rings. The molecule has 0 aliphatic carbocycles. The first-order valence-electron chi connectivity index (χ1n) is 17.6. The number of rotatable bonds is 3. The average Bonchev–Trinajstić information content (AvgIpc) is 3.92. The van der Waals surface area contributed by atoms with Gasteiger partial charge in [0.05, 0.1) is 0 Å². The van der Waals surface area contributed by atoms with Gasteiger partial charge in [0.2, 0.25) is 0 Å². The van der Waals surface area contributed by atoms with Gasteiger partial charge in [0.1, 0.15) is 33.5 Å². The lowest BCUT2D eigenvalue weighted by Crippen LogP contribution is -2.01. The van der Waals surface area contributed by atoms with Crippen LogP contribution in [0.15, 0.2) is 165 Å². The minimum atomic E-state index is 0.560. The Bertz CT molecular complexity index is 3350. The second-order valence-corrected chi connectivity index (χ2v) is 13.5. The molecule has 0 unspecified atom stereocenters. The van der Waals surface area contributed by atoms with Gasteiger partial charge in [-0.05, 0) is 58.6 Å². The van der Waals surface area contributed by atoms with Gasteiger partial charge >= 0.3 is 0 Å². The van der Waals surface area contributed by atoms with Crippen molar-refractivity contribution in [3.8, 4) is 34.2 Å². The molecule has 4 aromatic heterocycles. The monoisotopic (exact) mass is 679 g/mol. The Kier molecular flexibility index (Phi) is 5.68. The molecule has 0 atom stereocenters. The second kappa shape index (κ2) is 10.6. The summed E-state index contributed by atoms with van der Waals surface area (Å²) in [5.41, 5.74) is 7.56. The third-order valence-corrected chi connectivity index (χ3v) is 10.5. The third-order valence-electron chi connectivity index (χ3n) is 10.5. The lowest BCUT2D eigenvalue weighted by molar-refractivity contribution is 0.668. The fourth-order valence-corrected chi connectivity index (χ4v) is 8.21. The van der Waals surface area contributed by atoms with Crippen LogP contribution in [0.1, 0.15) is 0 Å². The Morgan fingerprint density at radius 3 is 1.38 bits per heavy atom. The number of hydrogen-bond donors (Lipinski definition) is 0. The Labute approximate surface area is 300 Å². The van der Waals surface area contributed by atoms with Crippen molar-refractivity contribution in [3.63, 3.8) is 0 Å². The third kappa shape index (κ3) is 4.06. The summed E-state index contributed by atoms with van der Waals surface area (Å²) < 4.78 is 19.1. The van der Waals surface area contributed by atoms with Crippen molar-refractivity contribution in [2.75, 3.05) is 0 Å². The van der Waals surface area contributed by atoms with Crippen molar-refractivity contribution in [2.24, 2.45) is 0 Å². The summed E-state index contributed by atoms with van der Waals surface area (Å²) >= 11 is 0. The molecule has 0 N–H and O–H groups in total. The number of para-hydroxylation sites is 3. The summed E-state index contributed by atoms with van der Waals surface area (Å²) in [6.07, 6.45) is 0. The quantitative estimate of drug-likeness (QED) is 0.173.